The highest BCUT2D eigenvalue weighted by atomic mass is 79.9. The molecular weight excluding hydrogens is 586 g/mol. The van der Waals surface area contributed by atoms with Gasteiger partial charge in [0.25, 0.3) is 5.91 Å². The van der Waals surface area contributed by atoms with Gasteiger partial charge in [-0.1, -0.05) is 28.9 Å². The average Bonchev–Trinajstić information content (AvgIpc) is 3.67. The second-order valence-electron chi connectivity index (χ2n) is 9.39. The Morgan fingerprint density at radius 3 is 2.72 bits per heavy atom. The minimum Gasteiger partial charge on any atom is -0.449 e. The number of carbonyl (C=O) groups excluding carboxylic acids is 2. The Labute approximate surface area is 236 Å². The third kappa shape index (κ3) is 5.07. The lowest BCUT2D eigenvalue weighted by atomic mass is 10.1. The summed E-state index contributed by atoms with van der Waals surface area (Å²) in [6.07, 6.45) is 5.48. The van der Waals surface area contributed by atoms with Crippen LogP contribution in [-0.2, 0) is 17.9 Å². The van der Waals surface area contributed by atoms with Gasteiger partial charge in [0.15, 0.2) is 5.76 Å². The van der Waals surface area contributed by atoms with Crippen LogP contribution in [-0.4, -0.2) is 66.0 Å². The van der Waals surface area contributed by atoms with E-state index in [4.69, 9.17) is 16.0 Å². The maximum absolute atomic E-state index is 13.2. The van der Waals surface area contributed by atoms with Crippen molar-refractivity contribution in [2.45, 2.75) is 20.0 Å². The molecule has 0 saturated carbocycles. The largest absolute Gasteiger partial charge is 0.449 e. The molecule has 0 radical (unpaired) electrons. The summed E-state index contributed by atoms with van der Waals surface area (Å²) in [5.41, 5.74) is 3.99. The molecule has 2 amide bonds. The molecule has 0 N–H and O–H groups in total. The van der Waals surface area contributed by atoms with Crippen LogP contribution < -0.4 is 0 Å². The fraction of sp³-hybridized carbons (Fsp3) is 0.222. The van der Waals surface area contributed by atoms with E-state index in [9.17, 15) is 9.59 Å². The van der Waals surface area contributed by atoms with Crippen molar-refractivity contribution in [2.75, 3.05) is 19.6 Å². The van der Waals surface area contributed by atoms with Crippen LogP contribution in [0.3, 0.4) is 0 Å². The number of carbonyl (C=O) groups is 2. The Balaban J connectivity index is 1.08. The summed E-state index contributed by atoms with van der Waals surface area (Å²) in [6.45, 7) is 3.45. The number of halogens is 2. The Hall–Kier alpha value is -3.96. The van der Waals surface area contributed by atoms with Crippen molar-refractivity contribution >= 4 is 50.3 Å². The molecule has 0 aliphatic carbocycles. The van der Waals surface area contributed by atoms with E-state index in [-0.39, 0.29) is 24.1 Å². The highest BCUT2D eigenvalue weighted by Crippen LogP contribution is 2.34. The van der Waals surface area contributed by atoms with Gasteiger partial charge in [0.05, 0.1) is 29.4 Å². The normalized spacial score (nSPS) is 14.0. The zero-order valence-electron chi connectivity index (χ0n) is 20.9. The third-order valence-electron chi connectivity index (χ3n) is 6.75. The van der Waals surface area contributed by atoms with E-state index in [0.717, 1.165) is 16.6 Å². The van der Waals surface area contributed by atoms with Crippen LogP contribution in [0, 0.1) is 6.92 Å². The van der Waals surface area contributed by atoms with E-state index >= 15 is 0 Å². The summed E-state index contributed by atoms with van der Waals surface area (Å²) in [7, 11) is 0. The highest BCUT2D eigenvalue weighted by Gasteiger charge is 2.31. The minimum absolute atomic E-state index is 0.0337. The third-order valence-corrected chi connectivity index (χ3v) is 7.55. The Morgan fingerprint density at radius 2 is 1.97 bits per heavy atom. The van der Waals surface area contributed by atoms with Crippen molar-refractivity contribution in [1.82, 2.24) is 34.6 Å². The molecule has 1 saturated heterocycles. The number of fused-ring (bicyclic) bond motifs is 1. The number of aromatic nitrogens is 5. The molecule has 12 heteroatoms. The maximum atomic E-state index is 13.2. The first-order valence-corrected chi connectivity index (χ1v) is 13.5. The summed E-state index contributed by atoms with van der Waals surface area (Å²) in [4.78, 5) is 29.4. The Morgan fingerprint density at radius 1 is 1.15 bits per heavy atom. The second-order valence-corrected chi connectivity index (χ2v) is 10.7. The lowest BCUT2D eigenvalue weighted by Gasteiger charge is -2.33. The van der Waals surface area contributed by atoms with Gasteiger partial charge >= 0.3 is 0 Å². The van der Waals surface area contributed by atoms with Crippen LogP contribution in [0.15, 0.2) is 69.9 Å². The van der Waals surface area contributed by atoms with Crippen molar-refractivity contribution in [3.63, 3.8) is 0 Å². The molecule has 0 bridgehead atoms. The number of piperazine rings is 1. The van der Waals surface area contributed by atoms with Crippen LogP contribution in [0.4, 0.5) is 0 Å². The monoisotopic (exact) mass is 607 g/mol. The summed E-state index contributed by atoms with van der Waals surface area (Å²) in [6, 6.07) is 13.4. The zero-order chi connectivity index (χ0) is 27.1. The molecule has 4 heterocycles. The van der Waals surface area contributed by atoms with Gasteiger partial charge in [0, 0.05) is 41.5 Å². The van der Waals surface area contributed by atoms with Gasteiger partial charge in [-0.3, -0.25) is 9.59 Å². The predicted molar refractivity (Wildman–Crippen MR) is 148 cm³/mol. The molecule has 3 aromatic heterocycles. The number of furan rings is 1. The zero-order valence-corrected chi connectivity index (χ0v) is 23.3. The number of hydrogen-bond acceptors (Lipinski definition) is 6. The molecule has 6 rings (SSSR count). The van der Waals surface area contributed by atoms with E-state index in [2.05, 4.69) is 31.3 Å². The Bertz CT molecular complexity index is 1680. The summed E-state index contributed by atoms with van der Waals surface area (Å²) in [5.74, 6) is -0.254. The first-order chi connectivity index (χ1) is 18.9. The molecule has 198 valence electrons. The van der Waals surface area contributed by atoms with E-state index in [0.29, 0.717) is 52.5 Å². The van der Waals surface area contributed by atoms with Crippen LogP contribution in [0.1, 0.15) is 27.4 Å². The van der Waals surface area contributed by atoms with Crippen molar-refractivity contribution in [3.8, 4) is 5.69 Å². The van der Waals surface area contributed by atoms with Gasteiger partial charge in [0.1, 0.15) is 17.8 Å². The Kier molecular flexibility index (Phi) is 6.69. The molecule has 1 aliphatic rings. The van der Waals surface area contributed by atoms with Crippen molar-refractivity contribution in [1.29, 1.82) is 0 Å². The van der Waals surface area contributed by atoms with Crippen LogP contribution >= 0.6 is 27.5 Å². The van der Waals surface area contributed by atoms with Gasteiger partial charge in [-0.25, -0.2) is 9.36 Å². The molecule has 0 unspecified atom stereocenters. The van der Waals surface area contributed by atoms with Crippen molar-refractivity contribution < 1.29 is 14.0 Å². The number of amides is 2. The second kappa shape index (κ2) is 10.3. The molecule has 1 aliphatic heterocycles. The van der Waals surface area contributed by atoms with Crippen LogP contribution in [0.25, 0.3) is 16.7 Å². The smallest absolute Gasteiger partial charge is 0.290 e. The van der Waals surface area contributed by atoms with E-state index in [1.807, 2.05) is 49.6 Å². The first-order valence-electron chi connectivity index (χ1n) is 12.3. The summed E-state index contributed by atoms with van der Waals surface area (Å²) < 4.78 is 10.1. The van der Waals surface area contributed by atoms with E-state index < -0.39 is 0 Å². The number of aryl methyl sites for hydroxylation is 1. The lowest BCUT2D eigenvalue weighted by Crippen LogP contribution is -2.51. The molecule has 2 aromatic carbocycles. The highest BCUT2D eigenvalue weighted by molar-refractivity contribution is 9.10. The lowest BCUT2D eigenvalue weighted by molar-refractivity contribution is -0.135. The SMILES string of the molecule is Cc1c(C(=O)N2CCN(Cc3cn(Cc4ccc(-n5cccn5)cc4)nn3)C(=O)C2)oc2c(Br)cc(Cl)cc12. The van der Waals surface area contributed by atoms with E-state index in [1.54, 1.807) is 32.6 Å². The van der Waals surface area contributed by atoms with Gasteiger partial charge in [-0.2, -0.15) is 5.10 Å². The van der Waals surface area contributed by atoms with Gasteiger partial charge in [-0.05, 0) is 58.7 Å². The average molecular weight is 609 g/mol. The minimum atomic E-state index is -0.316. The van der Waals surface area contributed by atoms with Crippen molar-refractivity contribution in [2.24, 2.45) is 0 Å². The topological polar surface area (TPSA) is 102 Å². The first kappa shape index (κ1) is 25.3. The van der Waals surface area contributed by atoms with Gasteiger partial charge in [0.2, 0.25) is 5.91 Å². The van der Waals surface area contributed by atoms with E-state index in [1.165, 1.54) is 4.90 Å². The van der Waals surface area contributed by atoms with Crippen molar-refractivity contribution in [3.05, 3.63) is 93.1 Å². The molecule has 1 fully saturated rings. The number of hydrogen-bond donors (Lipinski definition) is 0. The number of rotatable bonds is 6. The maximum Gasteiger partial charge on any atom is 0.290 e. The van der Waals surface area contributed by atoms with Gasteiger partial charge < -0.3 is 14.2 Å². The summed E-state index contributed by atoms with van der Waals surface area (Å²) in [5, 5.41) is 14.0. The summed E-state index contributed by atoms with van der Waals surface area (Å²) >= 11 is 9.61. The number of nitrogens with zero attached hydrogens (tertiary/aromatic N) is 7. The molecule has 39 heavy (non-hydrogen) atoms. The fourth-order valence-corrected chi connectivity index (χ4v) is 5.58. The molecule has 0 spiro atoms. The molecule has 5 aromatic rings. The molecule has 10 nitrogen and oxygen atoms in total. The fourth-order valence-electron chi connectivity index (χ4n) is 4.69. The standard InChI is InChI=1S/C27H23BrClN7O3/c1-17-22-11-19(29)12-23(28)26(22)39-25(17)27(38)34-10-9-33(24(37)16-34)14-20-15-35(32-31-20)13-18-3-5-21(6-4-18)36-8-2-7-30-36/h2-8,11-12,15H,9-10,13-14,16H2,1H3. The quantitative estimate of drug-likeness (QED) is 0.282. The molecule has 0 atom stereocenters. The predicted octanol–water partition coefficient (Wildman–Crippen LogP) is 4.47. The van der Waals surface area contributed by atoms with Gasteiger partial charge in [-0.15, -0.1) is 5.10 Å². The van der Waals surface area contributed by atoms with Crippen LogP contribution in [0.2, 0.25) is 5.02 Å². The molecular formula is C27H23BrClN7O3. The van der Waals surface area contributed by atoms with Crippen LogP contribution in [0.5, 0.6) is 0 Å². The number of benzene rings is 2.